The summed E-state index contributed by atoms with van der Waals surface area (Å²) in [5.41, 5.74) is 0.999. The number of aromatic hydroxyl groups is 1. The van der Waals surface area contributed by atoms with Crippen molar-refractivity contribution < 1.29 is 24.2 Å². The summed E-state index contributed by atoms with van der Waals surface area (Å²) in [5.74, 6) is -1.07. The first-order valence-electron chi connectivity index (χ1n) is 11.9. The van der Waals surface area contributed by atoms with E-state index in [9.17, 15) is 19.5 Å². The molecule has 2 atom stereocenters. The molecule has 8 nitrogen and oxygen atoms in total. The summed E-state index contributed by atoms with van der Waals surface area (Å²) >= 11 is 4.27. The van der Waals surface area contributed by atoms with Crippen LogP contribution < -0.4 is 10.6 Å². The smallest absolute Gasteiger partial charge is 0.408 e. The Hall–Kier alpha value is -3.20. The number of nitrogens with one attached hydrogen (secondary N) is 2. The fourth-order valence-electron chi connectivity index (χ4n) is 3.70. The molecule has 0 spiro atoms. The van der Waals surface area contributed by atoms with Gasteiger partial charge in [0.25, 0.3) is 0 Å². The van der Waals surface area contributed by atoms with E-state index in [1.54, 1.807) is 59.7 Å². The van der Waals surface area contributed by atoms with E-state index in [1.165, 1.54) is 4.90 Å². The van der Waals surface area contributed by atoms with E-state index in [1.807, 2.05) is 30.3 Å². The first kappa shape index (κ1) is 29.0. The quantitative estimate of drug-likeness (QED) is 0.376. The Labute approximate surface area is 218 Å². The molecule has 9 heteroatoms. The minimum absolute atomic E-state index is 0.0144. The van der Waals surface area contributed by atoms with Crippen molar-refractivity contribution in [3.05, 3.63) is 65.2 Å². The number of para-hydroxylation sites is 1. The minimum Gasteiger partial charge on any atom is -0.507 e. The number of rotatable bonds is 9. The molecule has 196 valence electrons. The predicted molar refractivity (Wildman–Crippen MR) is 143 cm³/mol. The van der Waals surface area contributed by atoms with Crippen LogP contribution in [-0.4, -0.2) is 51.4 Å². The molecule has 0 aliphatic rings. The summed E-state index contributed by atoms with van der Waals surface area (Å²) in [6, 6.07) is 11.8. The van der Waals surface area contributed by atoms with Crippen LogP contribution in [0.1, 0.15) is 57.4 Å². The lowest BCUT2D eigenvalue weighted by atomic mass is 9.98. The number of ether oxygens (including phenoxy) is 1. The average Bonchev–Trinajstić information content (AvgIpc) is 2.80. The van der Waals surface area contributed by atoms with Gasteiger partial charge in [-0.2, -0.15) is 12.6 Å². The second-order valence-corrected chi connectivity index (χ2v) is 10.2. The Morgan fingerprint density at radius 1 is 1.06 bits per heavy atom. The summed E-state index contributed by atoms with van der Waals surface area (Å²) in [5, 5.41) is 16.3. The second kappa shape index (κ2) is 12.7. The maximum atomic E-state index is 13.8. The van der Waals surface area contributed by atoms with E-state index in [0.717, 1.165) is 5.56 Å². The van der Waals surface area contributed by atoms with Gasteiger partial charge in [0, 0.05) is 23.9 Å². The zero-order valence-corrected chi connectivity index (χ0v) is 22.6. The predicted octanol–water partition coefficient (Wildman–Crippen LogP) is 4.12. The molecule has 3 N–H and O–H groups in total. The lowest BCUT2D eigenvalue weighted by Crippen LogP contribution is -2.55. The Balaban J connectivity index is 2.44. The molecule has 0 saturated carbocycles. The van der Waals surface area contributed by atoms with Crippen molar-refractivity contribution in [2.45, 2.75) is 71.8 Å². The zero-order valence-electron chi connectivity index (χ0n) is 21.7. The van der Waals surface area contributed by atoms with Gasteiger partial charge >= 0.3 is 6.09 Å². The number of nitrogens with zero attached hydrogens (tertiary/aromatic N) is 1. The number of phenols is 1. The highest BCUT2D eigenvalue weighted by Gasteiger charge is 2.38. The molecule has 2 aromatic rings. The second-order valence-electron chi connectivity index (χ2n) is 9.84. The van der Waals surface area contributed by atoms with Gasteiger partial charge in [-0.3, -0.25) is 9.59 Å². The summed E-state index contributed by atoms with van der Waals surface area (Å²) in [7, 11) is 0. The Kier molecular flexibility index (Phi) is 10.2. The first-order chi connectivity index (χ1) is 16.9. The molecule has 0 saturated heterocycles. The van der Waals surface area contributed by atoms with Gasteiger partial charge in [-0.1, -0.05) is 48.5 Å². The Bertz CT molecular complexity index is 1050. The number of phenolic OH excluding ortho intramolecular Hbond substituents is 1. The van der Waals surface area contributed by atoms with E-state index < -0.39 is 41.6 Å². The molecule has 0 aliphatic heterocycles. The topological polar surface area (TPSA) is 108 Å². The number of hydrogen-bond acceptors (Lipinski definition) is 6. The SMILES string of the molecule is Cc1cccc(C(C(=O)NCc2ccccc2)N(C(=O)C(CS)NC(=O)OC(C)(C)C)C(C)C)c1O. The van der Waals surface area contributed by atoms with Crippen LogP contribution in [0.3, 0.4) is 0 Å². The van der Waals surface area contributed by atoms with E-state index in [-0.39, 0.29) is 23.6 Å². The molecule has 2 rings (SSSR count). The summed E-state index contributed by atoms with van der Waals surface area (Å²) in [6.07, 6.45) is -0.762. The fourth-order valence-corrected chi connectivity index (χ4v) is 3.94. The third-order valence-electron chi connectivity index (χ3n) is 5.38. The van der Waals surface area contributed by atoms with Crippen LogP contribution >= 0.6 is 12.6 Å². The van der Waals surface area contributed by atoms with Gasteiger partial charge in [0.15, 0.2) is 0 Å². The molecule has 0 aliphatic carbocycles. The van der Waals surface area contributed by atoms with Crippen molar-refractivity contribution in [2.24, 2.45) is 0 Å². The van der Waals surface area contributed by atoms with Crippen LogP contribution in [0.4, 0.5) is 4.79 Å². The fraction of sp³-hybridized carbons (Fsp3) is 0.444. The highest BCUT2D eigenvalue weighted by atomic mass is 32.1. The Morgan fingerprint density at radius 3 is 2.25 bits per heavy atom. The lowest BCUT2D eigenvalue weighted by Gasteiger charge is -2.37. The minimum atomic E-state index is -1.15. The molecule has 3 amide bonds. The number of hydrogen-bond donors (Lipinski definition) is 4. The number of carbonyl (C=O) groups is 3. The average molecular weight is 516 g/mol. The molecule has 0 bridgehead atoms. The van der Waals surface area contributed by atoms with Crippen molar-refractivity contribution >= 4 is 30.5 Å². The molecule has 2 unspecified atom stereocenters. The Morgan fingerprint density at radius 2 is 1.69 bits per heavy atom. The lowest BCUT2D eigenvalue weighted by molar-refractivity contribution is -0.144. The van der Waals surface area contributed by atoms with E-state index in [4.69, 9.17) is 4.74 Å². The van der Waals surface area contributed by atoms with Crippen LogP contribution in [0.25, 0.3) is 0 Å². The van der Waals surface area contributed by atoms with Crippen LogP contribution in [-0.2, 0) is 20.9 Å². The van der Waals surface area contributed by atoms with Gasteiger partial charge in [0.2, 0.25) is 11.8 Å². The van der Waals surface area contributed by atoms with Crippen molar-refractivity contribution in [3.8, 4) is 5.75 Å². The molecular weight excluding hydrogens is 478 g/mol. The van der Waals surface area contributed by atoms with Gasteiger partial charge in [-0.05, 0) is 52.7 Å². The van der Waals surface area contributed by atoms with Crippen molar-refractivity contribution in [3.63, 3.8) is 0 Å². The van der Waals surface area contributed by atoms with Crippen molar-refractivity contribution in [1.82, 2.24) is 15.5 Å². The molecule has 2 aromatic carbocycles. The maximum Gasteiger partial charge on any atom is 0.408 e. The van der Waals surface area contributed by atoms with Gasteiger partial charge < -0.3 is 25.4 Å². The zero-order chi connectivity index (χ0) is 27.0. The molecule has 0 fully saturated rings. The normalized spacial score (nSPS) is 13.0. The van der Waals surface area contributed by atoms with Gasteiger partial charge in [-0.15, -0.1) is 0 Å². The van der Waals surface area contributed by atoms with E-state index >= 15 is 0 Å². The molecular formula is C27H37N3O5S. The molecule has 36 heavy (non-hydrogen) atoms. The number of carbonyl (C=O) groups excluding carboxylic acids is 3. The summed E-state index contributed by atoms with van der Waals surface area (Å²) in [6.45, 7) is 10.7. The monoisotopic (exact) mass is 515 g/mol. The third kappa shape index (κ3) is 7.91. The standard InChI is InChI=1S/C27H37N3O5S/c1-17(2)30(25(33)21(16-36)29-26(34)35-27(4,5)6)22(20-14-10-11-18(3)23(20)31)24(32)28-15-19-12-8-7-9-13-19/h7-14,17,21-22,31,36H,15-16H2,1-6H3,(H,28,32)(H,29,34). The molecule has 0 heterocycles. The third-order valence-corrected chi connectivity index (χ3v) is 5.75. The van der Waals surface area contributed by atoms with Crippen molar-refractivity contribution in [2.75, 3.05) is 5.75 Å². The number of amides is 3. The van der Waals surface area contributed by atoms with Crippen molar-refractivity contribution in [1.29, 1.82) is 0 Å². The maximum absolute atomic E-state index is 13.8. The van der Waals surface area contributed by atoms with Crippen LogP contribution in [0.2, 0.25) is 0 Å². The highest BCUT2D eigenvalue weighted by Crippen LogP contribution is 2.33. The van der Waals surface area contributed by atoms with Crippen LogP contribution in [0.5, 0.6) is 5.75 Å². The van der Waals surface area contributed by atoms with Gasteiger partial charge in [0.1, 0.15) is 23.4 Å². The highest BCUT2D eigenvalue weighted by molar-refractivity contribution is 7.80. The molecule has 0 aromatic heterocycles. The van der Waals surface area contributed by atoms with E-state index in [0.29, 0.717) is 5.56 Å². The molecule has 0 radical (unpaired) electrons. The first-order valence-corrected chi connectivity index (χ1v) is 12.5. The summed E-state index contributed by atoms with van der Waals surface area (Å²) in [4.78, 5) is 41.1. The summed E-state index contributed by atoms with van der Waals surface area (Å²) < 4.78 is 5.30. The number of alkyl carbamates (subject to hydrolysis) is 1. The van der Waals surface area contributed by atoms with E-state index in [2.05, 4.69) is 23.3 Å². The van der Waals surface area contributed by atoms with Gasteiger partial charge in [-0.25, -0.2) is 4.79 Å². The number of benzene rings is 2. The van der Waals surface area contributed by atoms with Gasteiger partial charge in [0.05, 0.1) is 0 Å². The number of thiol groups is 1. The number of aryl methyl sites for hydroxylation is 1. The largest absolute Gasteiger partial charge is 0.507 e. The van der Waals surface area contributed by atoms with Crippen LogP contribution in [0, 0.1) is 6.92 Å². The van der Waals surface area contributed by atoms with Crippen LogP contribution in [0.15, 0.2) is 48.5 Å².